The van der Waals surface area contributed by atoms with Crippen molar-refractivity contribution in [3.05, 3.63) is 29.3 Å². The van der Waals surface area contributed by atoms with E-state index in [1.807, 2.05) is 19.1 Å². The van der Waals surface area contributed by atoms with Gasteiger partial charge in [0.15, 0.2) is 13.1 Å². The molecule has 4 nitrogen and oxygen atoms in total. The number of hydrogen-bond acceptors (Lipinski definition) is 4. The van der Waals surface area contributed by atoms with E-state index >= 15 is 0 Å². The Labute approximate surface area is 101 Å². The quantitative estimate of drug-likeness (QED) is 0.755. The van der Waals surface area contributed by atoms with Gasteiger partial charge in [-0.15, -0.1) is 0 Å². The standard InChI is InChI=1S/C13H18O4/c1-10-6-11(13-15-4-3-5-16-13)8-12(7-10)17-9-14-2/h6-8,13H,3-5,9H2,1-2H3. The second kappa shape index (κ2) is 6.00. The van der Waals surface area contributed by atoms with E-state index in [4.69, 9.17) is 18.9 Å². The monoisotopic (exact) mass is 238 g/mol. The fourth-order valence-electron chi connectivity index (χ4n) is 1.80. The van der Waals surface area contributed by atoms with Crippen LogP contribution in [0.3, 0.4) is 0 Å². The third-order valence-corrected chi connectivity index (χ3v) is 2.52. The molecule has 0 N–H and O–H groups in total. The highest BCUT2D eigenvalue weighted by Gasteiger charge is 2.17. The highest BCUT2D eigenvalue weighted by atomic mass is 16.7. The maximum Gasteiger partial charge on any atom is 0.188 e. The van der Waals surface area contributed by atoms with Gasteiger partial charge >= 0.3 is 0 Å². The molecule has 0 amide bonds. The van der Waals surface area contributed by atoms with Crippen LogP contribution in [0.25, 0.3) is 0 Å². The van der Waals surface area contributed by atoms with Crippen LogP contribution < -0.4 is 4.74 Å². The van der Waals surface area contributed by atoms with Gasteiger partial charge in [0.05, 0.1) is 13.2 Å². The van der Waals surface area contributed by atoms with Crippen molar-refractivity contribution < 1.29 is 18.9 Å². The molecule has 4 heteroatoms. The SMILES string of the molecule is COCOc1cc(C)cc(C2OCCCO2)c1. The minimum absolute atomic E-state index is 0.245. The van der Waals surface area contributed by atoms with Crippen molar-refractivity contribution in [1.82, 2.24) is 0 Å². The minimum atomic E-state index is -0.270. The lowest BCUT2D eigenvalue weighted by molar-refractivity contribution is -0.183. The molecule has 0 saturated carbocycles. The van der Waals surface area contributed by atoms with Crippen molar-refractivity contribution in [2.24, 2.45) is 0 Å². The molecule has 1 fully saturated rings. The molecule has 0 aliphatic carbocycles. The molecule has 1 heterocycles. The summed E-state index contributed by atoms with van der Waals surface area (Å²) in [6, 6.07) is 5.95. The molecule has 0 aromatic heterocycles. The number of aryl methyl sites for hydroxylation is 1. The Bertz CT molecular complexity index is 358. The number of hydrogen-bond donors (Lipinski definition) is 0. The Morgan fingerprint density at radius 1 is 1.24 bits per heavy atom. The van der Waals surface area contributed by atoms with Crippen LogP contribution in [0.4, 0.5) is 0 Å². The summed E-state index contributed by atoms with van der Waals surface area (Å²) in [6.07, 6.45) is 0.684. The molecule has 0 atom stereocenters. The van der Waals surface area contributed by atoms with Gasteiger partial charge in [-0.3, -0.25) is 0 Å². The molecule has 0 bridgehead atoms. The Kier molecular flexibility index (Phi) is 4.36. The number of benzene rings is 1. The summed E-state index contributed by atoms with van der Waals surface area (Å²) in [5, 5.41) is 0. The van der Waals surface area contributed by atoms with Crippen LogP contribution in [-0.2, 0) is 14.2 Å². The third-order valence-electron chi connectivity index (χ3n) is 2.52. The molecule has 1 saturated heterocycles. The maximum atomic E-state index is 5.57. The summed E-state index contributed by atoms with van der Waals surface area (Å²) >= 11 is 0. The first-order valence-electron chi connectivity index (χ1n) is 5.76. The highest BCUT2D eigenvalue weighted by molar-refractivity contribution is 5.34. The van der Waals surface area contributed by atoms with Gasteiger partial charge in [0.2, 0.25) is 0 Å². The Balaban J connectivity index is 2.12. The highest BCUT2D eigenvalue weighted by Crippen LogP contribution is 2.27. The van der Waals surface area contributed by atoms with Gasteiger partial charge in [-0.2, -0.15) is 0 Å². The summed E-state index contributed by atoms with van der Waals surface area (Å²) < 4.78 is 21.5. The van der Waals surface area contributed by atoms with Gasteiger partial charge in [-0.25, -0.2) is 0 Å². The van der Waals surface area contributed by atoms with Gasteiger partial charge in [0, 0.05) is 12.7 Å². The molecule has 0 unspecified atom stereocenters. The second-order valence-corrected chi connectivity index (χ2v) is 4.06. The van der Waals surface area contributed by atoms with Crippen molar-refractivity contribution in [1.29, 1.82) is 0 Å². The zero-order valence-corrected chi connectivity index (χ0v) is 10.3. The Morgan fingerprint density at radius 3 is 2.71 bits per heavy atom. The average molecular weight is 238 g/mol. The van der Waals surface area contributed by atoms with Gasteiger partial charge in [0.1, 0.15) is 5.75 Å². The number of methoxy groups -OCH3 is 1. The van der Waals surface area contributed by atoms with E-state index in [9.17, 15) is 0 Å². The summed E-state index contributed by atoms with van der Waals surface area (Å²) in [5.41, 5.74) is 2.11. The fourth-order valence-corrected chi connectivity index (χ4v) is 1.80. The van der Waals surface area contributed by atoms with Gasteiger partial charge < -0.3 is 18.9 Å². The lowest BCUT2D eigenvalue weighted by Gasteiger charge is -2.24. The van der Waals surface area contributed by atoms with Crippen molar-refractivity contribution in [3.8, 4) is 5.75 Å². The van der Waals surface area contributed by atoms with Crippen LogP contribution in [0.15, 0.2) is 18.2 Å². The number of ether oxygens (including phenoxy) is 4. The summed E-state index contributed by atoms with van der Waals surface area (Å²) in [7, 11) is 1.60. The van der Waals surface area contributed by atoms with Crippen molar-refractivity contribution in [2.75, 3.05) is 27.1 Å². The van der Waals surface area contributed by atoms with Crippen molar-refractivity contribution in [3.63, 3.8) is 0 Å². The smallest absolute Gasteiger partial charge is 0.188 e. The van der Waals surface area contributed by atoms with Crippen molar-refractivity contribution >= 4 is 0 Å². The van der Waals surface area contributed by atoms with Gasteiger partial charge in [-0.05, 0) is 31.0 Å². The lowest BCUT2D eigenvalue weighted by Crippen LogP contribution is -2.17. The van der Waals surface area contributed by atoms with E-state index in [1.165, 1.54) is 0 Å². The summed E-state index contributed by atoms with van der Waals surface area (Å²) in [6.45, 7) is 3.75. The third kappa shape index (κ3) is 3.43. The molecule has 94 valence electrons. The lowest BCUT2D eigenvalue weighted by atomic mass is 10.1. The van der Waals surface area contributed by atoms with E-state index in [0.717, 1.165) is 36.5 Å². The molecule has 0 radical (unpaired) electrons. The molecular formula is C13H18O4. The molecule has 17 heavy (non-hydrogen) atoms. The minimum Gasteiger partial charge on any atom is -0.468 e. The normalized spacial score (nSPS) is 17.1. The maximum absolute atomic E-state index is 5.57. The van der Waals surface area contributed by atoms with Crippen molar-refractivity contribution in [2.45, 2.75) is 19.6 Å². The first-order valence-corrected chi connectivity index (χ1v) is 5.76. The summed E-state index contributed by atoms with van der Waals surface area (Å²) in [4.78, 5) is 0. The van der Waals surface area contributed by atoms with Crippen LogP contribution >= 0.6 is 0 Å². The molecule has 1 aliphatic heterocycles. The largest absolute Gasteiger partial charge is 0.468 e. The van der Waals surface area contributed by atoms with Gasteiger partial charge in [0.25, 0.3) is 0 Å². The molecule has 1 aliphatic rings. The first kappa shape index (κ1) is 12.4. The van der Waals surface area contributed by atoms with Crippen LogP contribution in [0.5, 0.6) is 5.75 Å². The molecule has 1 aromatic carbocycles. The first-order chi connectivity index (χ1) is 8.29. The average Bonchev–Trinajstić information content (AvgIpc) is 2.37. The summed E-state index contributed by atoms with van der Waals surface area (Å²) in [5.74, 6) is 0.777. The fraction of sp³-hybridized carbons (Fsp3) is 0.538. The van der Waals surface area contributed by atoms with E-state index in [-0.39, 0.29) is 13.1 Å². The van der Waals surface area contributed by atoms with E-state index < -0.39 is 0 Å². The van der Waals surface area contributed by atoms with Crippen LogP contribution in [0.2, 0.25) is 0 Å². The second-order valence-electron chi connectivity index (χ2n) is 4.06. The molecule has 0 spiro atoms. The topological polar surface area (TPSA) is 36.9 Å². The Hall–Kier alpha value is -1.10. The zero-order valence-electron chi connectivity index (χ0n) is 10.3. The molecule has 1 aromatic rings. The molecule has 2 rings (SSSR count). The molecular weight excluding hydrogens is 220 g/mol. The zero-order chi connectivity index (χ0) is 12.1. The van der Waals surface area contributed by atoms with E-state index in [2.05, 4.69) is 6.07 Å². The number of rotatable bonds is 4. The van der Waals surface area contributed by atoms with Gasteiger partial charge in [-0.1, -0.05) is 6.07 Å². The predicted octanol–water partition coefficient (Wildman–Crippen LogP) is 2.41. The van der Waals surface area contributed by atoms with Crippen LogP contribution in [0, 0.1) is 6.92 Å². The van der Waals surface area contributed by atoms with Crippen LogP contribution in [0.1, 0.15) is 23.8 Å². The Morgan fingerprint density at radius 2 is 2.00 bits per heavy atom. The predicted molar refractivity (Wildman–Crippen MR) is 62.9 cm³/mol. The van der Waals surface area contributed by atoms with E-state index in [1.54, 1.807) is 7.11 Å². The van der Waals surface area contributed by atoms with Crippen LogP contribution in [-0.4, -0.2) is 27.1 Å². The van der Waals surface area contributed by atoms with E-state index in [0.29, 0.717) is 0 Å².